The first kappa shape index (κ1) is 12.1. The third kappa shape index (κ3) is 1.85. The molecular weight excluding hydrogens is 273 g/mol. The number of urea groups is 1. The Balaban J connectivity index is 1.93. The summed E-state index contributed by atoms with van der Waals surface area (Å²) in [6.07, 6.45) is 0. The number of carbonyl (C=O) groups excluding carboxylic acids is 1. The van der Waals surface area contributed by atoms with Gasteiger partial charge >= 0.3 is 6.03 Å². The van der Waals surface area contributed by atoms with Crippen molar-refractivity contribution in [2.75, 3.05) is 31.1 Å². The van der Waals surface area contributed by atoms with Crippen LogP contribution in [0.4, 0.5) is 10.5 Å². The zero-order chi connectivity index (χ0) is 12.7. The normalized spacial score (nSPS) is 23.4. The molecule has 1 N–H and O–H groups in total. The number of hydrogen-bond acceptors (Lipinski definition) is 2. The van der Waals surface area contributed by atoms with Gasteiger partial charge in [0.05, 0.1) is 21.8 Å². The van der Waals surface area contributed by atoms with Crippen LogP contribution in [0.1, 0.15) is 0 Å². The van der Waals surface area contributed by atoms with E-state index in [1.54, 1.807) is 11.0 Å². The molecule has 18 heavy (non-hydrogen) atoms. The second kappa shape index (κ2) is 4.61. The lowest BCUT2D eigenvalue weighted by Crippen LogP contribution is -2.49. The van der Waals surface area contributed by atoms with Crippen molar-refractivity contribution in [1.29, 1.82) is 0 Å². The van der Waals surface area contributed by atoms with Crippen LogP contribution in [0.5, 0.6) is 0 Å². The van der Waals surface area contributed by atoms with Crippen molar-refractivity contribution in [1.82, 2.24) is 10.2 Å². The largest absolute Gasteiger partial charge is 0.325 e. The van der Waals surface area contributed by atoms with Crippen LogP contribution < -0.4 is 10.2 Å². The molecule has 2 amide bonds. The van der Waals surface area contributed by atoms with Crippen LogP contribution in [-0.2, 0) is 0 Å². The third-order valence-corrected chi connectivity index (χ3v) is 4.25. The number of benzene rings is 1. The molecule has 0 aromatic heterocycles. The van der Waals surface area contributed by atoms with Gasteiger partial charge in [0.25, 0.3) is 0 Å². The van der Waals surface area contributed by atoms with Crippen molar-refractivity contribution >= 4 is 34.9 Å². The molecule has 2 saturated heterocycles. The van der Waals surface area contributed by atoms with Gasteiger partial charge in [0.1, 0.15) is 0 Å². The molecule has 2 fully saturated rings. The minimum Gasteiger partial charge on any atom is -0.317 e. The summed E-state index contributed by atoms with van der Waals surface area (Å²) in [6, 6.07) is 5.61. The summed E-state index contributed by atoms with van der Waals surface area (Å²) in [6.45, 7) is 3.09. The monoisotopic (exact) mass is 285 g/mol. The molecule has 1 unspecified atom stereocenters. The van der Waals surface area contributed by atoms with E-state index in [9.17, 15) is 4.79 Å². The summed E-state index contributed by atoms with van der Waals surface area (Å²) in [5, 5.41) is 4.22. The predicted octanol–water partition coefficient (Wildman–Crippen LogP) is 2.21. The number of piperazine rings is 1. The fourth-order valence-corrected chi connectivity index (χ4v) is 2.92. The van der Waals surface area contributed by atoms with E-state index in [0.29, 0.717) is 22.3 Å². The molecule has 1 aromatic rings. The highest BCUT2D eigenvalue weighted by Gasteiger charge is 2.39. The predicted molar refractivity (Wildman–Crippen MR) is 72.6 cm³/mol. The summed E-state index contributed by atoms with van der Waals surface area (Å²) in [5.41, 5.74) is 0.698. The molecule has 2 heterocycles. The van der Waals surface area contributed by atoms with Gasteiger partial charge in [-0.3, -0.25) is 4.90 Å². The highest BCUT2D eigenvalue weighted by molar-refractivity contribution is 6.44. The van der Waals surface area contributed by atoms with Crippen molar-refractivity contribution in [3.8, 4) is 0 Å². The van der Waals surface area contributed by atoms with Crippen LogP contribution in [0.2, 0.25) is 10.0 Å². The molecule has 6 heteroatoms. The average Bonchev–Trinajstić information content (AvgIpc) is 2.71. The molecule has 1 atom stereocenters. The lowest BCUT2D eigenvalue weighted by Gasteiger charge is -2.28. The molecule has 0 saturated carbocycles. The van der Waals surface area contributed by atoms with Gasteiger partial charge < -0.3 is 10.2 Å². The topological polar surface area (TPSA) is 35.6 Å². The first-order chi connectivity index (χ1) is 8.68. The molecule has 0 bridgehead atoms. The van der Waals surface area contributed by atoms with Gasteiger partial charge in [-0.15, -0.1) is 0 Å². The van der Waals surface area contributed by atoms with E-state index in [4.69, 9.17) is 23.2 Å². The van der Waals surface area contributed by atoms with Crippen molar-refractivity contribution in [2.45, 2.75) is 6.04 Å². The number of hydrogen-bond donors (Lipinski definition) is 1. The molecule has 96 valence electrons. The maximum absolute atomic E-state index is 12.3. The number of anilines is 1. The number of carbonyl (C=O) groups is 1. The Morgan fingerprint density at radius 3 is 2.94 bits per heavy atom. The Bertz CT molecular complexity index is 494. The molecule has 4 nitrogen and oxygen atoms in total. The van der Waals surface area contributed by atoms with E-state index < -0.39 is 0 Å². The Morgan fingerprint density at radius 1 is 1.33 bits per heavy atom. The fraction of sp³-hybridized carbons (Fsp3) is 0.417. The maximum Gasteiger partial charge on any atom is 0.325 e. The number of rotatable bonds is 1. The molecule has 0 spiro atoms. The van der Waals surface area contributed by atoms with Crippen LogP contribution in [-0.4, -0.2) is 43.2 Å². The van der Waals surface area contributed by atoms with Crippen LogP contribution in [0, 0.1) is 0 Å². The van der Waals surface area contributed by atoms with Crippen LogP contribution in [0.25, 0.3) is 0 Å². The van der Waals surface area contributed by atoms with Gasteiger partial charge in [-0.1, -0.05) is 29.3 Å². The van der Waals surface area contributed by atoms with E-state index in [2.05, 4.69) is 5.32 Å². The standard InChI is InChI=1S/C12H13Cl2N3O/c13-9-2-1-3-10(11(9)14)17-7-8-6-15-4-5-16(8)12(17)18/h1-3,8,15H,4-7H2. The lowest BCUT2D eigenvalue weighted by atomic mass is 10.2. The summed E-state index contributed by atoms with van der Waals surface area (Å²) in [5.74, 6) is 0. The first-order valence-electron chi connectivity index (χ1n) is 5.91. The second-order valence-electron chi connectivity index (χ2n) is 4.52. The van der Waals surface area contributed by atoms with Gasteiger partial charge in [-0.25, -0.2) is 4.79 Å². The Labute approximate surface area is 115 Å². The number of fused-ring (bicyclic) bond motifs is 1. The van der Waals surface area contributed by atoms with E-state index >= 15 is 0 Å². The minimum absolute atomic E-state index is 0.0191. The van der Waals surface area contributed by atoms with Crippen molar-refractivity contribution in [3.05, 3.63) is 28.2 Å². The number of nitrogens with one attached hydrogen (secondary N) is 1. The van der Waals surface area contributed by atoms with E-state index in [-0.39, 0.29) is 12.1 Å². The summed E-state index contributed by atoms with van der Waals surface area (Å²) >= 11 is 12.2. The number of amides is 2. The fourth-order valence-electron chi connectivity index (χ4n) is 2.52. The lowest BCUT2D eigenvalue weighted by molar-refractivity contribution is 0.193. The number of halogens is 2. The smallest absolute Gasteiger partial charge is 0.317 e. The molecule has 2 aliphatic heterocycles. The molecule has 0 aliphatic carbocycles. The third-order valence-electron chi connectivity index (χ3n) is 3.44. The van der Waals surface area contributed by atoms with Crippen LogP contribution in [0.15, 0.2) is 18.2 Å². The quantitative estimate of drug-likeness (QED) is 0.859. The molecule has 2 aliphatic rings. The van der Waals surface area contributed by atoms with E-state index in [1.165, 1.54) is 0 Å². The molecule has 3 rings (SSSR count). The summed E-state index contributed by atoms with van der Waals surface area (Å²) in [4.78, 5) is 15.9. The van der Waals surface area contributed by atoms with E-state index in [0.717, 1.165) is 19.6 Å². The van der Waals surface area contributed by atoms with Crippen LogP contribution >= 0.6 is 23.2 Å². The average molecular weight is 286 g/mol. The van der Waals surface area contributed by atoms with Gasteiger partial charge in [0.2, 0.25) is 0 Å². The SMILES string of the molecule is O=C1N(c2cccc(Cl)c2Cl)CC2CNCCN12. The Morgan fingerprint density at radius 2 is 2.17 bits per heavy atom. The van der Waals surface area contributed by atoms with Gasteiger partial charge in [-0.2, -0.15) is 0 Å². The summed E-state index contributed by atoms with van der Waals surface area (Å²) in [7, 11) is 0. The minimum atomic E-state index is 0.0191. The van der Waals surface area contributed by atoms with Gasteiger partial charge in [0.15, 0.2) is 0 Å². The highest BCUT2D eigenvalue weighted by Crippen LogP contribution is 2.35. The Kier molecular flexibility index (Phi) is 3.09. The molecule has 0 radical (unpaired) electrons. The van der Waals surface area contributed by atoms with E-state index in [1.807, 2.05) is 17.0 Å². The van der Waals surface area contributed by atoms with Gasteiger partial charge in [0, 0.05) is 26.2 Å². The number of nitrogens with zero attached hydrogens (tertiary/aromatic N) is 2. The van der Waals surface area contributed by atoms with Crippen molar-refractivity contribution < 1.29 is 4.79 Å². The zero-order valence-electron chi connectivity index (χ0n) is 9.70. The second-order valence-corrected chi connectivity index (χ2v) is 5.30. The molecule has 1 aromatic carbocycles. The van der Waals surface area contributed by atoms with Gasteiger partial charge in [-0.05, 0) is 12.1 Å². The Hall–Kier alpha value is -0.970. The molecular formula is C12H13Cl2N3O. The highest BCUT2D eigenvalue weighted by atomic mass is 35.5. The van der Waals surface area contributed by atoms with Crippen molar-refractivity contribution in [2.24, 2.45) is 0 Å². The van der Waals surface area contributed by atoms with Crippen LogP contribution in [0.3, 0.4) is 0 Å². The first-order valence-corrected chi connectivity index (χ1v) is 6.67. The van der Waals surface area contributed by atoms with Crippen molar-refractivity contribution in [3.63, 3.8) is 0 Å². The maximum atomic E-state index is 12.3. The zero-order valence-corrected chi connectivity index (χ0v) is 11.2. The summed E-state index contributed by atoms with van der Waals surface area (Å²) < 4.78 is 0.